The van der Waals surface area contributed by atoms with Crippen LogP contribution in [0.4, 0.5) is 42.1 Å². The lowest BCUT2D eigenvalue weighted by Crippen LogP contribution is -2.43. The summed E-state index contributed by atoms with van der Waals surface area (Å²) in [6.45, 7) is 0. The van der Waals surface area contributed by atoms with Crippen molar-refractivity contribution in [1.29, 1.82) is 0 Å². The summed E-state index contributed by atoms with van der Waals surface area (Å²) >= 11 is 0. The van der Waals surface area contributed by atoms with Crippen LogP contribution in [-0.2, 0) is 26.6 Å². The number of halogens is 7. The standard InChI is InChI=1S/C21H20F3NO2.C20H11F4NO2/c22-21(23,24)17-8-4-7-16-18(17)25-19(27)20(16,13-5-2-1-3-6-13)14-9-11-15(26)12-10-14;21-14-7-3-11(9-16(14)23)20(10-1-4-12(26)5-2-10)13-6-8-15(22)17(24)18(13)25-19(20)27/h4,7-13,26H,1-3,5-6H2,(H,25,27);1-9,26H,(H,25,27). The van der Waals surface area contributed by atoms with Gasteiger partial charge in [-0.15, -0.1) is 0 Å². The minimum atomic E-state index is -4.55. The number of alkyl halides is 3. The van der Waals surface area contributed by atoms with E-state index >= 15 is 0 Å². The lowest BCUT2D eigenvalue weighted by Gasteiger charge is -2.39. The molecule has 5 aromatic rings. The summed E-state index contributed by atoms with van der Waals surface area (Å²) in [5.74, 6) is -5.96. The third-order valence-electron chi connectivity index (χ3n) is 10.7. The number of para-hydroxylation sites is 1. The van der Waals surface area contributed by atoms with Crippen molar-refractivity contribution >= 4 is 23.2 Å². The summed E-state index contributed by atoms with van der Waals surface area (Å²) < 4.78 is 96.0. The monoisotopic (exact) mass is 748 g/mol. The fraction of sp³-hybridized carbons (Fsp3) is 0.220. The zero-order valence-corrected chi connectivity index (χ0v) is 28.2. The van der Waals surface area contributed by atoms with Gasteiger partial charge in [-0.05, 0) is 89.5 Å². The van der Waals surface area contributed by atoms with Crippen molar-refractivity contribution in [1.82, 2.24) is 0 Å². The van der Waals surface area contributed by atoms with Gasteiger partial charge in [-0.3, -0.25) is 9.59 Å². The predicted octanol–water partition coefficient (Wildman–Crippen LogP) is 9.46. The second kappa shape index (κ2) is 13.5. The van der Waals surface area contributed by atoms with Crippen molar-refractivity contribution in [3.63, 3.8) is 0 Å². The minimum absolute atomic E-state index is 0.0364. The molecule has 6 nitrogen and oxygen atoms in total. The second-order valence-electron chi connectivity index (χ2n) is 13.5. The highest BCUT2D eigenvalue weighted by Gasteiger charge is 2.55. The fourth-order valence-corrected chi connectivity index (χ4v) is 8.27. The number of nitrogens with one attached hydrogen (secondary N) is 2. The number of carbonyl (C=O) groups excluding carboxylic acids is 2. The Labute approximate surface area is 304 Å². The van der Waals surface area contributed by atoms with Crippen LogP contribution in [0.25, 0.3) is 0 Å². The summed E-state index contributed by atoms with van der Waals surface area (Å²) in [7, 11) is 0. The van der Waals surface area contributed by atoms with E-state index in [9.17, 15) is 50.5 Å². The van der Waals surface area contributed by atoms with Gasteiger partial charge in [0.25, 0.3) is 0 Å². The normalized spacial score (nSPS) is 20.7. The number of hydrogen-bond donors (Lipinski definition) is 4. The number of fused-ring (bicyclic) bond motifs is 2. The summed E-state index contributed by atoms with van der Waals surface area (Å²) in [5.41, 5.74) is -2.83. The Morgan fingerprint density at radius 1 is 0.593 bits per heavy atom. The molecule has 278 valence electrons. The summed E-state index contributed by atoms with van der Waals surface area (Å²) in [6, 6.07) is 20.7. The van der Waals surface area contributed by atoms with Crippen molar-refractivity contribution in [3.05, 3.63) is 154 Å². The molecule has 0 radical (unpaired) electrons. The number of aromatic hydroxyl groups is 2. The Morgan fingerprint density at radius 2 is 1.17 bits per heavy atom. The van der Waals surface area contributed by atoms with E-state index < -0.39 is 57.7 Å². The highest BCUT2D eigenvalue weighted by molar-refractivity contribution is 6.12. The van der Waals surface area contributed by atoms with Crippen LogP contribution in [0.2, 0.25) is 0 Å². The van der Waals surface area contributed by atoms with Gasteiger partial charge in [-0.2, -0.15) is 13.2 Å². The molecule has 8 rings (SSSR count). The zero-order valence-electron chi connectivity index (χ0n) is 28.2. The topological polar surface area (TPSA) is 98.7 Å². The molecule has 2 heterocycles. The molecular weight excluding hydrogens is 717 g/mol. The average Bonchev–Trinajstić information content (AvgIpc) is 3.63. The summed E-state index contributed by atoms with van der Waals surface area (Å²) in [6.07, 6.45) is -0.0123. The highest BCUT2D eigenvalue weighted by atomic mass is 19.4. The molecule has 0 saturated heterocycles. The van der Waals surface area contributed by atoms with Crippen molar-refractivity contribution in [2.75, 3.05) is 10.6 Å². The van der Waals surface area contributed by atoms with Crippen molar-refractivity contribution in [3.8, 4) is 11.5 Å². The molecule has 2 aliphatic heterocycles. The molecule has 1 aliphatic carbocycles. The number of hydrogen-bond acceptors (Lipinski definition) is 4. The Morgan fingerprint density at radius 3 is 1.78 bits per heavy atom. The molecule has 4 N–H and O–H groups in total. The van der Waals surface area contributed by atoms with E-state index in [1.807, 2.05) is 0 Å². The average molecular weight is 749 g/mol. The first kappa shape index (κ1) is 36.5. The number of rotatable bonds is 4. The largest absolute Gasteiger partial charge is 0.508 e. The quantitative estimate of drug-likeness (QED) is 0.138. The van der Waals surface area contributed by atoms with E-state index in [1.54, 1.807) is 18.2 Å². The van der Waals surface area contributed by atoms with Crippen LogP contribution in [0.5, 0.6) is 11.5 Å². The predicted molar refractivity (Wildman–Crippen MR) is 185 cm³/mol. The smallest absolute Gasteiger partial charge is 0.418 e. The maximum absolute atomic E-state index is 14.3. The molecule has 2 unspecified atom stereocenters. The van der Waals surface area contributed by atoms with E-state index in [0.29, 0.717) is 11.1 Å². The van der Waals surface area contributed by atoms with Crippen LogP contribution in [0.3, 0.4) is 0 Å². The maximum atomic E-state index is 14.3. The lowest BCUT2D eigenvalue weighted by molar-refractivity contribution is -0.137. The molecule has 1 saturated carbocycles. The van der Waals surface area contributed by atoms with Gasteiger partial charge < -0.3 is 20.8 Å². The molecule has 5 aromatic carbocycles. The minimum Gasteiger partial charge on any atom is -0.508 e. The van der Waals surface area contributed by atoms with Gasteiger partial charge in [0.1, 0.15) is 22.3 Å². The van der Waals surface area contributed by atoms with Crippen LogP contribution in [-0.4, -0.2) is 22.0 Å². The van der Waals surface area contributed by atoms with Crippen LogP contribution >= 0.6 is 0 Å². The number of phenolic OH excluding ortho intramolecular Hbond substituents is 2. The number of phenols is 2. The number of anilines is 2. The molecule has 54 heavy (non-hydrogen) atoms. The van der Waals surface area contributed by atoms with Crippen molar-refractivity contribution in [2.45, 2.75) is 49.1 Å². The molecular formula is C41H31F7N2O4. The third kappa shape index (κ3) is 5.73. The van der Waals surface area contributed by atoms with Crippen LogP contribution < -0.4 is 10.6 Å². The van der Waals surface area contributed by atoms with Crippen LogP contribution in [0, 0.1) is 29.2 Å². The SMILES string of the molecule is O=C1Nc2c(C(F)(F)F)cccc2C1(c1ccc(O)cc1)C1CCCCC1.O=C1Nc2c(ccc(F)c2F)C1(c1ccc(O)cc1)c1ccc(F)c(F)c1. The number of amides is 2. The van der Waals surface area contributed by atoms with Crippen LogP contribution in [0.15, 0.2) is 97.1 Å². The Hall–Kier alpha value is -5.85. The summed E-state index contributed by atoms with van der Waals surface area (Å²) in [5, 5.41) is 24.1. The van der Waals surface area contributed by atoms with Gasteiger partial charge in [0.2, 0.25) is 11.8 Å². The van der Waals surface area contributed by atoms with Gasteiger partial charge in [-0.25, -0.2) is 17.6 Å². The molecule has 3 aliphatic rings. The molecule has 2 amide bonds. The van der Waals surface area contributed by atoms with Gasteiger partial charge >= 0.3 is 6.18 Å². The lowest BCUT2D eigenvalue weighted by atomic mass is 9.62. The van der Waals surface area contributed by atoms with E-state index in [0.717, 1.165) is 56.4 Å². The van der Waals surface area contributed by atoms with Gasteiger partial charge in [0, 0.05) is 5.56 Å². The third-order valence-corrected chi connectivity index (χ3v) is 10.7. The number of carbonyl (C=O) groups is 2. The Kier molecular flexibility index (Phi) is 9.15. The Bertz CT molecular complexity index is 2270. The molecule has 0 bridgehead atoms. The van der Waals surface area contributed by atoms with Crippen molar-refractivity contribution < 1.29 is 50.5 Å². The van der Waals surface area contributed by atoms with Gasteiger partial charge in [0.05, 0.1) is 16.9 Å². The van der Waals surface area contributed by atoms with E-state index in [1.165, 1.54) is 54.6 Å². The fourth-order valence-electron chi connectivity index (χ4n) is 8.27. The number of benzene rings is 5. The second-order valence-corrected chi connectivity index (χ2v) is 13.5. The van der Waals surface area contributed by atoms with Gasteiger partial charge in [0.15, 0.2) is 23.3 Å². The Balaban J connectivity index is 0.000000167. The van der Waals surface area contributed by atoms with E-state index in [2.05, 4.69) is 10.6 Å². The molecule has 1 fully saturated rings. The zero-order chi connectivity index (χ0) is 38.6. The molecule has 0 aromatic heterocycles. The maximum Gasteiger partial charge on any atom is 0.418 e. The van der Waals surface area contributed by atoms with Crippen molar-refractivity contribution in [2.24, 2.45) is 5.92 Å². The highest BCUT2D eigenvalue weighted by Crippen LogP contribution is 2.55. The molecule has 13 heteroatoms. The first-order valence-electron chi connectivity index (χ1n) is 17.1. The van der Waals surface area contributed by atoms with Gasteiger partial charge in [-0.1, -0.05) is 67.8 Å². The van der Waals surface area contributed by atoms with E-state index in [-0.39, 0.29) is 45.5 Å². The van der Waals surface area contributed by atoms with Crippen LogP contribution in [0.1, 0.15) is 65.5 Å². The first-order chi connectivity index (χ1) is 25.7. The summed E-state index contributed by atoms with van der Waals surface area (Å²) in [4.78, 5) is 26.3. The van der Waals surface area contributed by atoms with E-state index in [4.69, 9.17) is 0 Å². The first-order valence-corrected chi connectivity index (χ1v) is 17.1. The molecule has 0 spiro atoms. The molecule has 2 atom stereocenters.